The number of aryl methyl sites for hydroxylation is 1. The van der Waals surface area contributed by atoms with Gasteiger partial charge in [0.15, 0.2) is 0 Å². The van der Waals surface area contributed by atoms with E-state index in [0.29, 0.717) is 0 Å². The number of hydrogen-bond donors (Lipinski definition) is 1. The SMILES string of the molecule is C=C[C@@H](N)c1csc(C)c1. The van der Waals surface area contributed by atoms with Crippen LogP contribution >= 0.6 is 11.3 Å². The zero-order valence-electron chi connectivity index (χ0n) is 6.00. The molecule has 1 atom stereocenters. The smallest absolute Gasteiger partial charge is 0.0486 e. The van der Waals surface area contributed by atoms with Gasteiger partial charge in [-0.3, -0.25) is 0 Å². The van der Waals surface area contributed by atoms with Crippen molar-refractivity contribution in [2.45, 2.75) is 13.0 Å². The lowest BCUT2D eigenvalue weighted by Gasteiger charge is -1.99. The van der Waals surface area contributed by atoms with Crippen LogP contribution in [0.15, 0.2) is 24.1 Å². The number of thiophene rings is 1. The first kappa shape index (κ1) is 7.51. The summed E-state index contributed by atoms with van der Waals surface area (Å²) in [5.41, 5.74) is 6.86. The maximum Gasteiger partial charge on any atom is 0.0486 e. The second kappa shape index (κ2) is 2.99. The second-order valence-corrected chi connectivity index (χ2v) is 3.37. The van der Waals surface area contributed by atoms with Crippen LogP contribution in [-0.4, -0.2) is 0 Å². The Bertz CT molecular complexity index is 227. The Morgan fingerprint density at radius 2 is 2.50 bits per heavy atom. The molecule has 0 unspecified atom stereocenters. The summed E-state index contributed by atoms with van der Waals surface area (Å²) in [6.45, 7) is 5.70. The largest absolute Gasteiger partial charge is 0.321 e. The molecule has 0 amide bonds. The van der Waals surface area contributed by atoms with Crippen LogP contribution in [0.3, 0.4) is 0 Å². The van der Waals surface area contributed by atoms with Gasteiger partial charge in [0.2, 0.25) is 0 Å². The molecular weight excluding hydrogens is 142 g/mol. The van der Waals surface area contributed by atoms with Crippen molar-refractivity contribution in [3.63, 3.8) is 0 Å². The predicted octanol–water partition coefficient (Wildman–Crippen LogP) is 2.24. The van der Waals surface area contributed by atoms with E-state index in [4.69, 9.17) is 5.73 Å². The van der Waals surface area contributed by atoms with Gasteiger partial charge in [0, 0.05) is 10.9 Å². The van der Waals surface area contributed by atoms with Crippen molar-refractivity contribution in [3.8, 4) is 0 Å². The molecule has 0 aliphatic carbocycles. The molecule has 0 spiro atoms. The molecule has 2 N–H and O–H groups in total. The van der Waals surface area contributed by atoms with Crippen molar-refractivity contribution in [3.05, 3.63) is 34.5 Å². The summed E-state index contributed by atoms with van der Waals surface area (Å²) in [6, 6.07) is 2.10. The van der Waals surface area contributed by atoms with E-state index < -0.39 is 0 Å². The van der Waals surface area contributed by atoms with Crippen LogP contribution in [0.5, 0.6) is 0 Å². The molecule has 1 nitrogen and oxygen atoms in total. The molecule has 54 valence electrons. The summed E-state index contributed by atoms with van der Waals surface area (Å²) in [5.74, 6) is 0. The van der Waals surface area contributed by atoms with E-state index in [1.807, 2.05) is 0 Å². The minimum atomic E-state index is 0.00458. The molecule has 0 aliphatic rings. The fourth-order valence-electron chi connectivity index (χ4n) is 0.775. The van der Waals surface area contributed by atoms with Gasteiger partial charge in [0.05, 0.1) is 0 Å². The van der Waals surface area contributed by atoms with Crippen molar-refractivity contribution in [2.24, 2.45) is 5.73 Å². The van der Waals surface area contributed by atoms with Crippen molar-refractivity contribution in [1.82, 2.24) is 0 Å². The van der Waals surface area contributed by atoms with E-state index in [0.717, 1.165) is 5.56 Å². The average Bonchev–Trinajstić information content (AvgIpc) is 2.34. The van der Waals surface area contributed by atoms with Crippen molar-refractivity contribution in [1.29, 1.82) is 0 Å². The third-order valence-electron chi connectivity index (χ3n) is 1.39. The van der Waals surface area contributed by atoms with Gasteiger partial charge in [-0.2, -0.15) is 0 Å². The third kappa shape index (κ3) is 1.46. The highest BCUT2D eigenvalue weighted by Crippen LogP contribution is 2.18. The van der Waals surface area contributed by atoms with E-state index in [-0.39, 0.29) is 6.04 Å². The maximum absolute atomic E-state index is 5.70. The van der Waals surface area contributed by atoms with Gasteiger partial charge in [0.1, 0.15) is 0 Å². The summed E-state index contributed by atoms with van der Waals surface area (Å²) in [5, 5.41) is 2.07. The van der Waals surface area contributed by atoms with E-state index in [9.17, 15) is 0 Å². The molecule has 0 bridgehead atoms. The fourth-order valence-corrected chi connectivity index (χ4v) is 1.53. The Labute approximate surface area is 65.2 Å². The molecule has 0 fully saturated rings. The monoisotopic (exact) mass is 153 g/mol. The minimum Gasteiger partial charge on any atom is -0.321 e. The van der Waals surface area contributed by atoms with Gasteiger partial charge in [-0.15, -0.1) is 17.9 Å². The molecule has 10 heavy (non-hydrogen) atoms. The lowest BCUT2D eigenvalue weighted by atomic mass is 10.1. The van der Waals surface area contributed by atoms with Crippen LogP contribution in [0.1, 0.15) is 16.5 Å². The Morgan fingerprint density at radius 3 is 2.90 bits per heavy atom. The molecule has 1 rings (SSSR count). The molecular formula is C8H11NS. The van der Waals surface area contributed by atoms with Gasteiger partial charge >= 0.3 is 0 Å². The van der Waals surface area contributed by atoms with Gasteiger partial charge in [-0.25, -0.2) is 0 Å². The quantitative estimate of drug-likeness (QED) is 0.648. The number of nitrogens with two attached hydrogens (primary N) is 1. The van der Waals surface area contributed by atoms with Crippen LogP contribution in [0.2, 0.25) is 0 Å². The van der Waals surface area contributed by atoms with Gasteiger partial charge < -0.3 is 5.73 Å². The summed E-state index contributed by atoms with van der Waals surface area (Å²) in [7, 11) is 0. The summed E-state index contributed by atoms with van der Waals surface area (Å²) in [6.07, 6.45) is 1.75. The van der Waals surface area contributed by atoms with Crippen LogP contribution in [0.25, 0.3) is 0 Å². The predicted molar refractivity (Wildman–Crippen MR) is 46.2 cm³/mol. The molecule has 2 heteroatoms. The van der Waals surface area contributed by atoms with Crippen LogP contribution < -0.4 is 5.73 Å². The maximum atomic E-state index is 5.70. The van der Waals surface area contributed by atoms with E-state index >= 15 is 0 Å². The lowest BCUT2D eigenvalue weighted by Crippen LogP contribution is -2.04. The van der Waals surface area contributed by atoms with E-state index in [1.54, 1.807) is 17.4 Å². The Morgan fingerprint density at radius 1 is 1.80 bits per heavy atom. The first-order valence-corrected chi connectivity index (χ1v) is 4.05. The van der Waals surface area contributed by atoms with Gasteiger partial charge in [0.25, 0.3) is 0 Å². The fraction of sp³-hybridized carbons (Fsp3) is 0.250. The highest BCUT2D eigenvalue weighted by molar-refractivity contribution is 7.10. The Kier molecular flexibility index (Phi) is 2.25. The third-order valence-corrected chi connectivity index (χ3v) is 2.27. The zero-order chi connectivity index (χ0) is 7.56. The van der Waals surface area contributed by atoms with Crippen molar-refractivity contribution < 1.29 is 0 Å². The summed E-state index contributed by atoms with van der Waals surface area (Å²) >= 11 is 1.72. The summed E-state index contributed by atoms with van der Waals surface area (Å²) in [4.78, 5) is 1.30. The lowest BCUT2D eigenvalue weighted by molar-refractivity contribution is 0.920. The molecule has 0 saturated heterocycles. The van der Waals surface area contributed by atoms with Crippen molar-refractivity contribution >= 4 is 11.3 Å². The Hall–Kier alpha value is -0.600. The second-order valence-electron chi connectivity index (χ2n) is 2.25. The molecule has 0 saturated carbocycles. The van der Waals surface area contributed by atoms with Gasteiger partial charge in [-0.1, -0.05) is 6.08 Å². The first-order chi connectivity index (χ1) is 4.74. The molecule has 1 aromatic heterocycles. The van der Waals surface area contributed by atoms with E-state index in [1.165, 1.54) is 4.88 Å². The summed E-state index contributed by atoms with van der Waals surface area (Å²) < 4.78 is 0. The standard InChI is InChI=1S/C8H11NS/c1-3-8(9)7-4-6(2)10-5-7/h3-5,8H,1,9H2,2H3/t8-/m1/s1. The molecule has 0 radical (unpaired) electrons. The molecule has 1 heterocycles. The van der Waals surface area contributed by atoms with Crippen LogP contribution in [0, 0.1) is 6.92 Å². The Balaban J connectivity index is 2.84. The number of hydrogen-bond acceptors (Lipinski definition) is 2. The van der Waals surface area contributed by atoms with Crippen LogP contribution in [0.4, 0.5) is 0 Å². The minimum absolute atomic E-state index is 0.00458. The van der Waals surface area contributed by atoms with Crippen LogP contribution in [-0.2, 0) is 0 Å². The highest BCUT2D eigenvalue weighted by Gasteiger charge is 2.01. The molecule has 0 aromatic carbocycles. The topological polar surface area (TPSA) is 26.0 Å². The van der Waals surface area contributed by atoms with E-state index in [2.05, 4.69) is 24.9 Å². The van der Waals surface area contributed by atoms with Crippen molar-refractivity contribution in [2.75, 3.05) is 0 Å². The molecule has 0 aliphatic heterocycles. The zero-order valence-corrected chi connectivity index (χ0v) is 6.82. The first-order valence-electron chi connectivity index (χ1n) is 3.17. The number of rotatable bonds is 2. The molecule has 1 aromatic rings. The highest BCUT2D eigenvalue weighted by atomic mass is 32.1. The average molecular weight is 153 g/mol. The van der Waals surface area contributed by atoms with Gasteiger partial charge in [-0.05, 0) is 23.9 Å². The normalized spacial score (nSPS) is 13.0.